The number of nitrogens with zero attached hydrogens (tertiary/aromatic N) is 2. The Balaban J connectivity index is 1.90. The van der Waals surface area contributed by atoms with E-state index in [1.807, 2.05) is 18.7 Å². The third-order valence-electron chi connectivity index (χ3n) is 3.90. The standard InChI is InChI=1S/C17H27N3O/c1-13(2)15-5-7-16(8-6-15)19-9-11-20(12-10-19)17(21)18-14(3)4/h5-8,13-14H,9-12H2,1-4H3,(H,18,21). The van der Waals surface area contributed by atoms with Crippen LogP contribution in [0.2, 0.25) is 0 Å². The molecule has 1 aliphatic rings. The molecule has 1 N–H and O–H groups in total. The summed E-state index contributed by atoms with van der Waals surface area (Å²) >= 11 is 0. The highest BCUT2D eigenvalue weighted by molar-refractivity contribution is 5.74. The molecule has 116 valence electrons. The summed E-state index contributed by atoms with van der Waals surface area (Å²) in [6, 6.07) is 9.05. The summed E-state index contributed by atoms with van der Waals surface area (Å²) in [6.45, 7) is 11.8. The van der Waals surface area contributed by atoms with Crippen LogP contribution < -0.4 is 10.2 Å². The van der Waals surface area contributed by atoms with Crippen molar-refractivity contribution in [2.45, 2.75) is 39.7 Å². The minimum absolute atomic E-state index is 0.0554. The summed E-state index contributed by atoms with van der Waals surface area (Å²) in [6.07, 6.45) is 0. The van der Waals surface area contributed by atoms with E-state index in [1.165, 1.54) is 11.3 Å². The molecule has 21 heavy (non-hydrogen) atoms. The number of carbonyl (C=O) groups is 1. The maximum absolute atomic E-state index is 12.0. The van der Waals surface area contributed by atoms with Crippen molar-refractivity contribution < 1.29 is 4.79 Å². The minimum Gasteiger partial charge on any atom is -0.368 e. The van der Waals surface area contributed by atoms with Crippen LogP contribution in [0, 0.1) is 0 Å². The van der Waals surface area contributed by atoms with Crippen molar-refractivity contribution in [3.05, 3.63) is 29.8 Å². The van der Waals surface area contributed by atoms with Gasteiger partial charge in [0.1, 0.15) is 0 Å². The molecule has 0 aliphatic carbocycles. The van der Waals surface area contributed by atoms with E-state index in [2.05, 4.69) is 48.3 Å². The summed E-state index contributed by atoms with van der Waals surface area (Å²) in [5.41, 5.74) is 2.62. The van der Waals surface area contributed by atoms with Gasteiger partial charge in [-0.05, 0) is 37.5 Å². The van der Waals surface area contributed by atoms with Crippen LogP contribution in [-0.4, -0.2) is 43.2 Å². The predicted molar refractivity (Wildman–Crippen MR) is 88.0 cm³/mol. The Hall–Kier alpha value is -1.71. The quantitative estimate of drug-likeness (QED) is 0.928. The average molecular weight is 289 g/mol. The van der Waals surface area contributed by atoms with Gasteiger partial charge in [-0.2, -0.15) is 0 Å². The topological polar surface area (TPSA) is 35.6 Å². The second-order valence-electron chi connectivity index (χ2n) is 6.32. The number of amides is 2. The van der Waals surface area contributed by atoms with E-state index in [-0.39, 0.29) is 12.1 Å². The molecule has 0 bridgehead atoms. The molecule has 2 rings (SSSR count). The first kappa shape index (κ1) is 15.7. The summed E-state index contributed by atoms with van der Waals surface area (Å²) in [5.74, 6) is 0.565. The Labute approximate surface area is 128 Å². The molecule has 0 aromatic heterocycles. The van der Waals surface area contributed by atoms with Crippen LogP contribution in [0.5, 0.6) is 0 Å². The Kier molecular flexibility index (Phi) is 5.10. The molecule has 4 heteroatoms. The lowest BCUT2D eigenvalue weighted by atomic mass is 10.0. The van der Waals surface area contributed by atoms with Gasteiger partial charge in [-0.3, -0.25) is 0 Å². The number of benzene rings is 1. The van der Waals surface area contributed by atoms with Crippen LogP contribution >= 0.6 is 0 Å². The Morgan fingerprint density at radius 1 is 1.00 bits per heavy atom. The molecule has 0 atom stereocenters. The van der Waals surface area contributed by atoms with Crippen molar-refractivity contribution >= 4 is 11.7 Å². The van der Waals surface area contributed by atoms with E-state index in [4.69, 9.17) is 0 Å². The molecule has 1 saturated heterocycles. The smallest absolute Gasteiger partial charge is 0.317 e. The molecule has 1 aliphatic heterocycles. The number of rotatable bonds is 3. The summed E-state index contributed by atoms with van der Waals surface area (Å²) in [7, 11) is 0. The van der Waals surface area contributed by atoms with Gasteiger partial charge in [0.25, 0.3) is 0 Å². The zero-order chi connectivity index (χ0) is 15.4. The average Bonchev–Trinajstić information content (AvgIpc) is 2.47. The molecule has 4 nitrogen and oxygen atoms in total. The third-order valence-corrected chi connectivity index (χ3v) is 3.90. The second kappa shape index (κ2) is 6.83. The molecular weight excluding hydrogens is 262 g/mol. The van der Waals surface area contributed by atoms with Gasteiger partial charge in [-0.15, -0.1) is 0 Å². The van der Waals surface area contributed by atoms with Gasteiger partial charge in [0.05, 0.1) is 0 Å². The fourth-order valence-corrected chi connectivity index (χ4v) is 2.58. The highest BCUT2D eigenvalue weighted by Crippen LogP contribution is 2.21. The van der Waals surface area contributed by atoms with Crippen molar-refractivity contribution in [1.82, 2.24) is 10.2 Å². The van der Waals surface area contributed by atoms with E-state index >= 15 is 0 Å². The summed E-state index contributed by atoms with van der Waals surface area (Å²) in [4.78, 5) is 16.2. The second-order valence-corrected chi connectivity index (χ2v) is 6.32. The number of piperazine rings is 1. The lowest BCUT2D eigenvalue weighted by molar-refractivity contribution is 0.192. The number of carbonyl (C=O) groups excluding carboxylic acids is 1. The zero-order valence-electron chi connectivity index (χ0n) is 13.6. The first-order chi connectivity index (χ1) is 9.97. The molecule has 0 radical (unpaired) electrons. The molecular formula is C17H27N3O. The Bertz CT molecular complexity index is 459. The van der Waals surface area contributed by atoms with Crippen LogP contribution in [0.15, 0.2) is 24.3 Å². The number of anilines is 1. The lowest BCUT2D eigenvalue weighted by Crippen LogP contribution is -2.52. The van der Waals surface area contributed by atoms with Gasteiger partial charge in [0.2, 0.25) is 0 Å². The summed E-state index contributed by atoms with van der Waals surface area (Å²) < 4.78 is 0. The van der Waals surface area contributed by atoms with Crippen molar-refractivity contribution in [2.75, 3.05) is 31.1 Å². The van der Waals surface area contributed by atoms with Gasteiger partial charge in [-0.1, -0.05) is 26.0 Å². The molecule has 1 aromatic carbocycles. The van der Waals surface area contributed by atoms with E-state index in [0.29, 0.717) is 5.92 Å². The third kappa shape index (κ3) is 4.13. The molecule has 0 unspecified atom stereocenters. The highest BCUT2D eigenvalue weighted by atomic mass is 16.2. The number of nitrogens with one attached hydrogen (secondary N) is 1. The van der Waals surface area contributed by atoms with Gasteiger partial charge in [-0.25, -0.2) is 4.79 Å². The van der Waals surface area contributed by atoms with Gasteiger partial charge in [0.15, 0.2) is 0 Å². The van der Waals surface area contributed by atoms with Crippen molar-refractivity contribution in [3.8, 4) is 0 Å². The van der Waals surface area contributed by atoms with Gasteiger partial charge in [0, 0.05) is 37.9 Å². The largest absolute Gasteiger partial charge is 0.368 e. The van der Waals surface area contributed by atoms with E-state index in [0.717, 1.165) is 26.2 Å². The van der Waals surface area contributed by atoms with Crippen LogP contribution in [-0.2, 0) is 0 Å². The fraction of sp³-hybridized carbons (Fsp3) is 0.588. The monoisotopic (exact) mass is 289 g/mol. The Morgan fingerprint density at radius 2 is 1.57 bits per heavy atom. The van der Waals surface area contributed by atoms with E-state index in [1.54, 1.807) is 0 Å². The number of hydrogen-bond donors (Lipinski definition) is 1. The molecule has 1 fully saturated rings. The molecule has 2 amide bonds. The number of hydrogen-bond acceptors (Lipinski definition) is 2. The normalized spacial score (nSPS) is 15.7. The fourth-order valence-electron chi connectivity index (χ4n) is 2.58. The molecule has 1 aromatic rings. The van der Waals surface area contributed by atoms with Crippen LogP contribution in [0.1, 0.15) is 39.2 Å². The first-order valence-corrected chi connectivity index (χ1v) is 7.87. The van der Waals surface area contributed by atoms with E-state index in [9.17, 15) is 4.79 Å². The van der Waals surface area contributed by atoms with Crippen LogP contribution in [0.4, 0.5) is 10.5 Å². The maximum atomic E-state index is 12.0. The van der Waals surface area contributed by atoms with Crippen LogP contribution in [0.25, 0.3) is 0 Å². The van der Waals surface area contributed by atoms with E-state index < -0.39 is 0 Å². The molecule has 1 heterocycles. The van der Waals surface area contributed by atoms with Crippen LogP contribution in [0.3, 0.4) is 0 Å². The lowest BCUT2D eigenvalue weighted by Gasteiger charge is -2.36. The molecule has 0 spiro atoms. The van der Waals surface area contributed by atoms with Crippen molar-refractivity contribution in [1.29, 1.82) is 0 Å². The zero-order valence-corrected chi connectivity index (χ0v) is 13.6. The van der Waals surface area contributed by atoms with Gasteiger partial charge < -0.3 is 15.1 Å². The summed E-state index contributed by atoms with van der Waals surface area (Å²) in [5, 5.41) is 2.96. The minimum atomic E-state index is 0.0554. The van der Waals surface area contributed by atoms with Crippen molar-refractivity contribution in [2.24, 2.45) is 0 Å². The first-order valence-electron chi connectivity index (χ1n) is 7.87. The predicted octanol–water partition coefficient (Wildman–Crippen LogP) is 3.05. The maximum Gasteiger partial charge on any atom is 0.317 e. The molecule has 0 saturated carbocycles. The number of urea groups is 1. The highest BCUT2D eigenvalue weighted by Gasteiger charge is 2.21. The van der Waals surface area contributed by atoms with Gasteiger partial charge >= 0.3 is 6.03 Å². The van der Waals surface area contributed by atoms with Crippen molar-refractivity contribution in [3.63, 3.8) is 0 Å². The Morgan fingerprint density at radius 3 is 2.05 bits per heavy atom. The SMILES string of the molecule is CC(C)NC(=O)N1CCN(c2ccc(C(C)C)cc2)CC1.